The van der Waals surface area contributed by atoms with Crippen molar-refractivity contribution in [3.8, 4) is 0 Å². The Kier molecular flexibility index (Phi) is 8.20. The summed E-state index contributed by atoms with van der Waals surface area (Å²) in [6.45, 7) is 9.21. The van der Waals surface area contributed by atoms with Crippen molar-refractivity contribution in [1.82, 2.24) is 9.21 Å². The van der Waals surface area contributed by atoms with E-state index in [9.17, 15) is 18.0 Å². The lowest BCUT2D eigenvalue weighted by atomic mass is 10.0. The summed E-state index contributed by atoms with van der Waals surface area (Å²) in [4.78, 5) is 27.1. The van der Waals surface area contributed by atoms with Gasteiger partial charge >= 0.3 is 5.97 Å². The minimum absolute atomic E-state index is 0.00475. The molecule has 0 N–H and O–H groups in total. The number of sulfonamides is 1. The van der Waals surface area contributed by atoms with E-state index in [2.05, 4.69) is 0 Å². The molecule has 0 aliphatic rings. The van der Waals surface area contributed by atoms with Crippen LogP contribution in [0.5, 0.6) is 0 Å². The van der Waals surface area contributed by atoms with Crippen molar-refractivity contribution in [1.29, 1.82) is 0 Å². The minimum atomic E-state index is -3.74. The first-order valence-electron chi connectivity index (χ1n) is 10.4. The predicted octanol–water partition coefficient (Wildman–Crippen LogP) is 3.70. The van der Waals surface area contributed by atoms with Gasteiger partial charge in [-0.1, -0.05) is 36.4 Å². The predicted molar refractivity (Wildman–Crippen MR) is 124 cm³/mol. The van der Waals surface area contributed by atoms with E-state index < -0.39 is 28.1 Å². The molecule has 0 aromatic heterocycles. The van der Waals surface area contributed by atoms with E-state index in [0.717, 1.165) is 5.56 Å². The van der Waals surface area contributed by atoms with Gasteiger partial charge in [0.15, 0.2) is 6.61 Å². The summed E-state index contributed by atoms with van der Waals surface area (Å²) in [6, 6.07) is 15.0. The highest BCUT2D eigenvalue weighted by Gasteiger charge is 2.28. The number of nitrogens with zero attached hydrogens (tertiary/aromatic N) is 2. The van der Waals surface area contributed by atoms with Crippen LogP contribution in [-0.4, -0.2) is 54.7 Å². The summed E-state index contributed by atoms with van der Waals surface area (Å²) in [5.41, 5.74) is 0.560. The van der Waals surface area contributed by atoms with Crippen LogP contribution in [0.2, 0.25) is 0 Å². The van der Waals surface area contributed by atoms with Crippen LogP contribution in [0.1, 0.15) is 50.5 Å². The fourth-order valence-electron chi connectivity index (χ4n) is 2.98. The van der Waals surface area contributed by atoms with Gasteiger partial charge in [-0.2, -0.15) is 4.31 Å². The van der Waals surface area contributed by atoms with E-state index in [1.807, 2.05) is 51.1 Å². The first-order chi connectivity index (χ1) is 14.8. The Balaban J connectivity index is 2.13. The number of carbonyl (C=O) groups excluding carboxylic acids is 2. The zero-order chi connectivity index (χ0) is 24.1. The van der Waals surface area contributed by atoms with Crippen molar-refractivity contribution in [2.75, 3.05) is 13.7 Å². The number of carbonyl (C=O) groups is 2. The summed E-state index contributed by atoms with van der Waals surface area (Å²) in [5.74, 6) is -1.09. The third kappa shape index (κ3) is 6.40. The molecule has 0 aliphatic carbocycles. The van der Waals surface area contributed by atoms with E-state index >= 15 is 0 Å². The molecule has 0 bridgehead atoms. The smallest absolute Gasteiger partial charge is 0.338 e. The molecular formula is C24H32N2O5S. The summed E-state index contributed by atoms with van der Waals surface area (Å²) in [5, 5.41) is 0. The molecule has 0 aliphatic heterocycles. The lowest BCUT2D eigenvalue weighted by Crippen LogP contribution is -2.46. The van der Waals surface area contributed by atoms with Crippen molar-refractivity contribution in [2.45, 2.75) is 57.6 Å². The van der Waals surface area contributed by atoms with Crippen LogP contribution in [0.15, 0.2) is 59.5 Å². The van der Waals surface area contributed by atoms with Crippen molar-refractivity contribution in [3.63, 3.8) is 0 Å². The van der Waals surface area contributed by atoms with Crippen LogP contribution >= 0.6 is 0 Å². The Morgan fingerprint density at radius 1 is 1.00 bits per heavy atom. The van der Waals surface area contributed by atoms with Gasteiger partial charge in [-0.25, -0.2) is 13.2 Å². The Labute approximate surface area is 191 Å². The highest BCUT2D eigenvalue weighted by Crippen LogP contribution is 2.20. The molecule has 0 unspecified atom stereocenters. The third-order valence-corrected chi connectivity index (χ3v) is 7.12. The molecule has 174 valence electrons. The number of hydrogen-bond acceptors (Lipinski definition) is 5. The van der Waals surface area contributed by atoms with Crippen LogP contribution in [0.25, 0.3) is 0 Å². The van der Waals surface area contributed by atoms with Gasteiger partial charge in [0.05, 0.1) is 10.5 Å². The largest absolute Gasteiger partial charge is 0.452 e. The lowest BCUT2D eigenvalue weighted by Gasteiger charge is -2.35. The molecule has 0 atom stereocenters. The van der Waals surface area contributed by atoms with E-state index in [-0.39, 0.29) is 22.4 Å². The fraction of sp³-hybridized carbons (Fsp3) is 0.417. The van der Waals surface area contributed by atoms with Crippen LogP contribution in [0.4, 0.5) is 0 Å². The van der Waals surface area contributed by atoms with Crippen LogP contribution in [0.3, 0.4) is 0 Å². The molecule has 0 saturated heterocycles. The van der Waals surface area contributed by atoms with Gasteiger partial charge in [0.1, 0.15) is 0 Å². The Morgan fingerprint density at radius 2 is 1.62 bits per heavy atom. The van der Waals surface area contributed by atoms with Gasteiger partial charge in [0.2, 0.25) is 10.0 Å². The second kappa shape index (κ2) is 10.3. The molecule has 0 fully saturated rings. The lowest BCUT2D eigenvalue weighted by molar-refractivity contribution is -0.140. The minimum Gasteiger partial charge on any atom is -0.452 e. The first-order valence-corrected chi connectivity index (χ1v) is 11.9. The number of benzene rings is 2. The topological polar surface area (TPSA) is 84.0 Å². The number of esters is 1. The molecule has 0 heterocycles. The van der Waals surface area contributed by atoms with Gasteiger partial charge in [-0.05, 0) is 58.4 Å². The summed E-state index contributed by atoms with van der Waals surface area (Å²) >= 11 is 0. The van der Waals surface area contributed by atoms with E-state index in [4.69, 9.17) is 4.74 Å². The number of hydrogen-bond donors (Lipinski definition) is 0. The van der Waals surface area contributed by atoms with Crippen LogP contribution in [0, 0.1) is 0 Å². The van der Waals surface area contributed by atoms with Crippen LogP contribution < -0.4 is 0 Å². The molecule has 8 heteroatoms. The zero-order valence-electron chi connectivity index (χ0n) is 19.5. The molecule has 7 nitrogen and oxygen atoms in total. The second-order valence-electron chi connectivity index (χ2n) is 8.86. The van der Waals surface area contributed by atoms with Gasteiger partial charge < -0.3 is 9.64 Å². The Bertz CT molecular complexity index is 1040. The average Bonchev–Trinajstić information content (AvgIpc) is 2.74. The molecule has 2 rings (SSSR count). The zero-order valence-corrected chi connectivity index (χ0v) is 20.3. The molecular weight excluding hydrogens is 428 g/mol. The SMILES string of the molecule is CC(C)N(C)S(=O)(=O)c1cccc(C(=O)OCC(=O)N(Cc2ccccc2)C(C)(C)C)c1. The Hall–Kier alpha value is -2.71. The quantitative estimate of drug-likeness (QED) is 0.561. The third-order valence-electron chi connectivity index (χ3n) is 5.09. The van der Waals surface area contributed by atoms with E-state index in [1.165, 1.54) is 35.6 Å². The highest BCUT2D eigenvalue weighted by molar-refractivity contribution is 7.89. The molecule has 2 aromatic carbocycles. The fourth-order valence-corrected chi connectivity index (χ4v) is 4.40. The maximum Gasteiger partial charge on any atom is 0.338 e. The normalized spacial score (nSPS) is 12.1. The van der Waals surface area contributed by atoms with Crippen LogP contribution in [-0.2, 0) is 26.1 Å². The van der Waals surface area contributed by atoms with E-state index in [1.54, 1.807) is 18.7 Å². The molecule has 2 aromatic rings. The number of amides is 1. The molecule has 1 amide bonds. The van der Waals surface area contributed by atoms with Gasteiger partial charge in [-0.3, -0.25) is 4.79 Å². The second-order valence-corrected chi connectivity index (χ2v) is 10.9. The Morgan fingerprint density at radius 3 is 2.19 bits per heavy atom. The average molecular weight is 461 g/mol. The number of rotatable bonds is 8. The molecule has 0 spiro atoms. The van der Waals surface area contributed by atoms with Gasteiger partial charge in [0, 0.05) is 25.2 Å². The maximum atomic E-state index is 12.9. The van der Waals surface area contributed by atoms with Crippen molar-refractivity contribution < 1.29 is 22.7 Å². The molecule has 32 heavy (non-hydrogen) atoms. The standard InChI is InChI=1S/C24H32N2O5S/c1-18(2)25(6)32(29,30)21-14-10-13-20(15-21)23(28)31-17-22(27)26(24(3,4)5)16-19-11-8-7-9-12-19/h7-15,18H,16-17H2,1-6H3. The molecule has 0 saturated carbocycles. The maximum absolute atomic E-state index is 12.9. The highest BCUT2D eigenvalue weighted by atomic mass is 32.2. The molecule has 0 radical (unpaired) electrons. The summed E-state index contributed by atoms with van der Waals surface area (Å²) < 4.78 is 31.9. The van der Waals surface area contributed by atoms with Crippen molar-refractivity contribution in [2.24, 2.45) is 0 Å². The monoisotopic (exact) mass is 460 g/mol. The van der Waals surface area contributed by atoms with Gasteiger partial charge in [0.25, 0.3) is 5.91 Å². The first kappa shape index (κ1) is 25.5. The number of ether oxygens (including phenoxy) is 1. The van der Waals surface area contributed by atoms with E-state index in [0.29, 0.717) is 6.54 Å². The van der Waals surface area contributed by atoms with Gasteiger partial charge in [-0.15, -0.1) is 0 Å². The van der Waals surface area contributed by atoms with Crippen molar-refractivity contribution in [3.05, 3.63) is 65.7 Å². The summed E-state index contributed by atoms with van der Waals surface area (Å²) in [7, 11) is -2.26. The summed E-state index contributed by atoms with van der Waals surface area (Å²) in [6.07, 6.45) is 0. The van der Waals surface area contributed by atoms with Crippen molar-refractivity contribution >= 4 is 21.9 Å².